The van der Waals surface area contributed by atoms with Gasteiger partial charge in [0.25, 0.3) is 0 Å². The molecule has 0 aromatic heterocycles. The number of carboxylic acids is 1. The summed E-state index contributed by atoms with van der Waals surface area (Å²) in [7, 11) is 1.63. The summed E-state index contributed by atoms with van der Waals surface area (Å²) in [6.07, 6.45) is 0.0240. The van der Waals surface area contributed by atoms with Gasteiger partial charge >= 0.3 is 5.97 Å². The number of ether oxygens (including phenoxy) is 2. The minimum atomic E-state index is -0.838. The van der Waals surface area contributed by atoms with Gasteiger partial charge in [-0.15, -0.1) is 0 Å². The third-order valence-corrected chi connectivity index (χ3v) is 2.82. The van der Waals surface area contributed by atoms with Crippen molar-refractivity contribution in [3.63, 3.8) is 0 Å². The number of methoxy groups -OCH3 is 1. The van der Waals surface area contributed by atoms with Crippen LogP contribution in [0.5, 0.6) is 11.5 Å². The van der Waals surface area contributed by atoms with Crippen LogP contribution in [0.1, 0.15) is 11.1 Å². The van der Waals surface area contributed by atoms with Gasteiger partial charge in [0.05, 0.1) is 13.5 Å². The van der Waals surface area contributed by atoms with Crippen molar-refractivity contribution < 1.29 is 19.4 Å². The molecule has 104 valence electrons. The van der Waals surface area contributed by atoms with Gasteiger partial charge in [-0.1, -0.05) is 24.3 Å². The van der Waals surface area contributed by atoms with E-state index in [0.29, 0.717) is 12.4 Å². The van der Waals surface area contributed by atoms with E-state index in [9.17, 15) is 4.79 Å². The van der Waals surface area contributed by atoms with Crippen molar-refractivity contribution in [1.82, 2.24) is 0 Å². The molecule has 20 heavy (non-hydrogen) atoms. The minimum absolute atomic E-state index is 0.0240. The van der Waals surface area contributed by atoms with E-state index in [1.54, 1.807) is 31.4 Å². The smallest absolute Gasteiger partial charge is 0.307 e. The zero-order chi connectivity index (χ0) is 14.4. The van der Waals surface area contributed by atoms with Crippen molar-refractivity contribution in [3.8, 4) is 11.5 Å². The second-order valence-electron chi connectivity index (χ2n) is 4.35. The molecule has 1 N–H and O–H groups in total. The number of rotatable bonds is 6. The lowest BCUT2D eigenvalue weighted by Gasteiger charge is -2.08. The lowest BCUT2D eigenvalue weighted by Crippen LogP contribution is -2.00. The summed E-state index contributed by atoms with van der Waals surface area (Å²) in [6.45, 7) is 0.440. The van der Waals surface area contributed by atoms with Crippen molar-refractivity contribution in [2.75, 3.05) is 7.11 Å². The molecule has 0 fully saturated rings. The second-order valence-corrected chi connectivity index (χ2v) is 4.35. The molecule has 2 rings (SSSR count). The highest BCUT2D eigenvalue weighted by Crippen LogP contribution is 2.17. The van der Waals surface area contributed by atoms with E-state index >= 15 is 0 Å². The van der Waals surface area contributed by atoms with Gasteiger partial charge < -0.3 is 14.6 Å². The monoisotopic (exact) mass is 272 g/mol. The molecule has 2 aromatic carbocycles. The van der Waals surface area contributed by atoms with Crippen LogP contribution in [-0.4, -0.2) is 18.2 Å². The first-order valence-corrected chi connectivity index (χ1v) is 6.24. The highest BCUT2D eigenvalue weighted by molar-refractivity contribution is 5.70. The van der Waals surface area contributed by atoms with Gasteiger partial charge in [-0.25, -0.2) is 0 Å². The summed E-state index contributed by atoms with van der Waals surface area (Å²) in [4.78, 5) is 10.6. The number of benzene rings is 2. The lowest BCUT2D eigenvalue weighted by atomic mass is 10.1. The summed E-state index contributed by atoms with van der Waals surface area (Å²) in [5.41, 5.74) is 1.77. The van der Waals surface area contributed by atoms with Crippen LogP contribution < -0.4 is 9.47 Å². The molecule has 0 heterocycles. The molecule has 0 saturated heterocycles. The fraction of sp³-hybridized carbons (Fsp3) is 0.188. The first-order chi connectivity index (χ1) is 9.67. The standard InChI is InChI=1S/C16H16O4/c1-19-15-4-2-3-13(9-15)11-20-14-7-5-12(6-8-14)10-16(17)18/h2-9H,10-11H2,1H3,(H,17,18). The van der Waals surface area contributed by atoms with Crippen molar-refractivity contribution >= 4 is 5.97 Å². The Kier molecular flexibility index (Phi) is 4.60. The number of carboxylic acid groups (broad SMARTS) is 1. The quantitative estimate of drug-likeness (QED) is 0.878. The Morgan fingerprint density at radius 3 is 2.45 bits per heavy atom. The number of carbonyl (C=O) groups is 1. The van der Waals surface area contributed by atoms with Gasteiger partial charge in [0.15, 0.2) is 0 Å². The van der Waals surface area contributed by atoms with Crippen LogP contribution in [0, 0.1) is 0 Å². The minimum Gasteiger partial charge on any atom is -0.497 e. The molecule has 2 aromatic rings. The topological polar surface area (TPSA) is 55.8 Å². The van der Waals surface area contributed by atoms with Crippen molar-refractivity contribution in [2.24, 2.45) is 0 Å². The summed E-state index contributed by atoms with van der Waals surface area (Å²) < 4.78 is 10.8. The van der Waals surface area contributed by atoms with Gasteiger partial charge in [0, 0.05) is 0 Å². The van der Waals surface area contributed by atoms with E-state index in [1.165, 1.54) is 0 Å². The summed E-state index contributed by atoms with van der Waals surface area (Å²) in [6, 6.07) is 14.7. The highest BCUT2D eigenvalue weighted by atomic mass is 16.5. The van der Waals surface area contributed by atoms with E-state index in [-0.39, 0.29) is 6.42 Å². The average Bonchev–Trinajstić information content (AvgIpc) is 2.46. The Labute approximate surface area is 117 Å². The van der Waals surface area contributed by atoms with Crippen LogP contribution in [0.4, 0.5) is 0 Å². The summed E-state index contributed by atoms with van der Waals surface area (Å²) >= 11 is 0. The Morgan fingerprint density at radius 1 is 1.05 bits per heavy atom. The van der Waals surface area contributed by atoms with Gasteiger partial charge in [-0.05, 0) is 35.4 Å². The van der Waals surface area contributed by atoms with Crippen molar-refractivity contribution in [3.05, 3.63) is 59.7 Å². The molecular weight excluding hydrogens is 256 g/mol. The van der Waals surface area contributed by atoms with E-state index in [0.717, 1.165) is 16.9 Å². The number of hydrogen-bond acceptors (Lipinski definition) is 3. The maximum atomic E-state index is 10.6. The largest absolute Gasteiger partial charge is 0.497 e. The van der Waals surface area contributed by atoms with Crippen molar-refractivity contribution in [2.45, 2.75) is 13.0 Å². The van der Waals surface area contributed by atoms with Crippen LogP contribution in [0.2, 0.25) is 0 Å². The fourth-order valence-electron chi connectivity index (χ4n) is 1.81. The molecule has 0 aliphatic carbocycles. The lowest BCUT2D eigenvalue weighted by molar-refractivity contribution is -0.136. The third kappa shape index (κ3) is 4.02. The maximum absolute atomic E-state index is 10.6. The molecule has 0 atom stereocenters. The molecule has 0 aliphatic rings. The van der Waals surface area contributed by atoms with Crippen LogP contribution in [-0.2, 0) is 17.8 Å². The molecule has 0 radical (unpaired) electrons. The number of aliphatic carboxylic acids is 1. The van der Waals surface area contributed by atoms with E-state index in [1.807, 2.05) is 24.3 Å². The third-order valence-electron chi connectivity index (χ3n) is 2.82. The van der Waals surface area contributed by atoms with Crippen LogP contribution in [0.15, 0.2) is 48.5 Å². The predicted octanol–water partition coefficient (Wildman–Crippen LogP) is 2.90. The normalized spacial score (nSPS) is 10.1. The maximum Gasteiger partial charge on any atom is 0.307 e. The van der Waals surface area contributed by atoms with Gasteiger partial charge in [0.2, 0.25) is 0 Å². The molecule has 0 amide bonds. The first kappa shape index (κ1) is 13.9. The molecule has 0 aliphatic heterocycles. The Morgan fingerprint density at radius 2 is 1.80 bits per heavy atom. The molecule has 4 nitrogen and oxygen atoms in total. The fourth-order valence-corrected chi connectivity index (χ4v) is 1.81. The van der Waals surface area contributed by atoms with Crippen molar-refractivity contribution in [1.29, 1.82) is 0 Å². The van der Waals surface area contributed by atoms with E-state index in [4.69, 9.17) is 14.6 Å². The molecule has 0 spiro atoms. The molecule has 0 bridgehead atoms. The molecule has 0 unspecified atom stereocenters. The first-order valence-electron chi connectivity index (χ1n) is 6.24. The second kappa shape index (κ2) is 6.61. The Hall–Kier alpha value is -2.49. The highest BCUT2D eigenvalue weighted by Gasteiger charge is 2.01. The van der Waals surface area contributed by atoms with Gasteiger partial charge in [-0.2, -0.15) is 0 Å². The predicted molar refractivity (Wildman–Crippen MR) is 75.1 cm³/mol. The van der Waals surface area contributed by atoms with Gasteiger partial charge in [0.1, 0.15) is 18.1 Å². The van der Waals surface area contributed by atoms with Crippen LogP contribution in [0.25, 0.3) is 0 Å². The summed E-state index contributed by atoms with van der Waals surface area (Å²) in [5.74, 6) is 0.667. The molecular formula is C16H16O4. The average molecular weight is 272 g/mol. The van der Waals surface area contributed by atoms with Crippen LogP contribution >= 0.6 is 0 Å². The molecule has 4 heteroatoms. The summed E-state index contributed by atoms with van der Waals surface area (Å²) in [5, 5.41) is 8.69. The molecule has 0 saturated carbocycles. The van der Waals surface area contributed by atoms with Crippen LogP contribution in [0.3, 0.4) is 0 Å². The van der Waals surface area contributed by atoms with Gasteiger partial charge in [-0.3, -0.25) is 4.79 Å². The zero-order valence-corrected chi connectivity index (χ0v) is 11.2. The SMILES string of the molecule is COc1cccc(COc2ccc(CC(=O)O)cc2)c1. The zero-order valence-electron chi connectivity index (χ0n) is 11.2. The number of hydrogen-bond donors (Lipinski definition) is 1. The Bertz CT molecular complexity index is 575. The van der Waals surface area contributed by atoms with E-state index < -0.39 is 5.97 Å². The Balaban J connectivity index is 1.94. The van der Waals surface area contributed by atoms with E-state index in [2.05, 4.69) is 0 Å².